The van der Waals surface area contributed by atoms with Gasteiger partial charge in [0, 0.05) is 13.1 Å². The van der Waals surface area contributed by atoms with Crippen LogP contribution < -0.4 is 5.73 Å². The zero-order chi connectivity index (χ0) is 16.5. The lowest BCUT2D eigenvalue weighted by molar-refractivity contribution is -0.138. The first-order valence-corrected chi connectivity index (χ1v) is 7.25. The molecule has 0 aromatic rings. The molecule has 120 valence electrons. The van der Waals surface area contributed by atoms with Crippen molar-refractivity contribution in [1.82, 2.24) is 4.90 Å². The highest BCUT2D eigenvalue weighted by atomic mass is 16.5. The molecule has 1 saturated heterocycles. The van der Waals surface area contributed by atoms with E-state index >= 15 is 0 Å². The standard InChI is InChI=1S/C15H21N3O4/c1-3-21-14(19)11(10-16)9-12(15(20)22-4-2)13(17)18-7-5-6-8-18/h9H,3-8,17H2,1-2H3/b11-9+,13-12+. The minimum absolute atomic E-state index is 0.00773. The molecule has 0 unspecified atom stereocenters. The summed E-state index contributed by atoms with van der Waals surface area (Å²) in [6.45, 7) is 5.06. The fourth-order valence-electron chi connectivity index (χ4n) is 2.06. The molecule has 1 heterocycles. The van der Waals surface area contributed by atoms with Crippen molar-refractivity contribution in [3.8, 4) is 6.07 Å². The SMILES string of the molecule is CCOC(=O)/C(C#N)=C/C(C(=O)OCC)=C(/N)N1CCCC1. The number of likely N-dealkylation sites (tertiary alicyclic amines) is 1. The smallest absolute Gasteiger partial charge is 0.348 e. The molecule has 1 rings (SSSR count). The van der Waals surface area contributed by atoms with Crippen LogP contribution in [0.2, 0.25) is 0 Å². The van der Waals surface area contributed by atoms with E-state index in [2.05, 4.69) is 0 Å². The maximum atomic E-state index is 12.1. The van der Waals surface area contributed by atoms with Gasteiger partial charge in [-0.15, -0.1) is 0 Å². The molecule has 1 aliphatic rings. The van der Waals surface area contributed by atoms with Gasteiger partial charge in [-0.25, -0.2) is 9.59 Å². The summed E-state index contributed by atoms with van der Waals surface area (Å²) in [7, 11) is 0. The minimum atomic E-state index is -0.791. The lowest BCUT2D eigenvalue weighted by atomic mass is 10.1. The maximum Gasteiger partial charge on any atom is 0.348 e. The normalized spacial score (nSPS) is 15.9. The van der Waals surface area contributed by atoms with Gasteiger partial charge in [0.1, 0.15) is 23.0 Å². The molecule has 7 heteroatoms. The van der Waals surface area contributed by atoms with Gasteiger partial charge in [-0.1, -0.05) is 0 Å². The van der Waals surface area contributed by atoms with Crippen LogP contribution in [0.15, 0.2) is 23.0 Å². The molecule has 0 amide bonds. The van der Waals surface area contributed by atoms with Crippen LogP contribution >= 0.6 is 0 Å². The Bertz CT molecular complexity index is 525. The summed E-state index contributed by atoms with van der Waals surface area (Å²) < 4.78 is 9.74. The van der Waals surface area contributed by atoms with Crippen LogP contribution in [0.1, 0.15) is 26.7 Å². The van der Waals surface area contributed by atoms with Crippen LogP contribution in [0, 0.1) is 11.3 Å². The Morgan fingerprint density at radius 3 is 2.23 bits per heavy atom. The topological polar surface area (TPSA) is 106 Å². The van der Waals surface area contributed by atoms with E-state index in [1.807, 2.05) is 4.90 Å². The largest absolute Gasteiger partial charge is 0.462 e. The summed E-state index contributed by atoms with van der Waals surface area (Å²) in [5.41, 5.74) is 5.75. The summed E-state index contributed by atoms with van der Waals surface area (Å²) in [6.07, 6.45) is 3.09. The van der Waals surface area contributed by atoms with Crippen molar-refractivity contribution in [2.45, 2.75) is 26.7 Å². The van der Waals surface area contributed by atoms with Crippen LogP contribution in [-0.4, -0.2) is 43.1 Å². The van der Waals surface area contributed by atoms with Crippen molar-refractivity contribution in [1.29, 1.82) is 5.26 Å². The zero-order valence-corrected chi connectivity index (χ0v) is 12.9. The fourth-order valence-corrected chi connectivity index (χ4v) is 2.06. The molecule has 0 bridgehead atoms. The average molecular weight is 307 g/mol. The van der Waals surface area contributed by atoms with Gasteiger partial charge >= 0.3 is 11.9 Å². The Balaban J connectivity index is 3.19. The van der Waals surface area contributed by atoms with Gasteiger partial charge in [-0.2, -0.15) is 5.26 Å². The highest BCUT2D eigenvalue weighted by Gasteiger charge is 2.22. The summed E-state index contributed by atoms with van der Waals surface area (Å²) >= 11 is 0. The van der Waals surface area contributed by atoms with Crippen molar-refractivity contribution in [2.24, 2.45) is 5.73 Å². The van der Waals surface area contributed by atoms with Crippen molar-refractivity contribution in [3.05, 3.63) is 23.0 Å². The number of hydrogen-bond donors (Lipinski definition) is 1. The van der Waals surface area contributed by atoms with E-state index in [0.717, 1.165) is 32.0 Å². The zero-order valence-electron chi connectivity index (χ0n) is 12.9. The summed E-state index contributed by atoms with van der Waals surface area (Å²) in [5, 5.41) is 9.08. The first-order chi connectivity index (χ1) is 10.5. The van der Waals surface area contributed by atoms with Crippen molar-refractivity contribution >= 4 is 11.9 Å². The Morgan fingerprint density at radius 1 is 1.18 bits per heavy atom. The number of hydrogen-bond acceptors (Lipinski definition) is 7. The van der Waals surface area contributed by atoms with E-state index in [4.69, 9.17) is 20.5 Å². The monoisotopic (exact) mass is 307 g/mol. The van der Waals surface area contributed by atoms with E-state index in [-0.39, 0.29) is 30.2 Å². The van der Waals surface area contributed by atoms with Gasteiger partial charge in [0.15, 0.2) is 0 Å². The molecular weight excluding hydrogens is 286 g/mol. The fraction of sp³-hybridized carbons (Fsp3) is 0.533. The molecule has 0 radical (unpaired) electrons. The van der Waals surface area contributed by atoms with Gasteiger partial charge < -0.3 is 20.1 Å². The number of rotatable bonds is 6. The van der Waals surface area contributed by atoms with E-state index in [1.54, 1.807) is 19.9 Å². The molecule has 0 spiro atoms. The van der Waals surface area contributed by atoms with Gasteiger partial charge in [0.2, 0.25) is 0 Å². The first-order valence-electron chi connectivity index (χ1n) is 7.25. The second-order valence-corrected chi connectivity index (χ2v) is 4.60. The second-order valence-electron chi connectivity index (χ2n) is 4.60. The van der Waals surface area contributed by atoms with Crippen molar-refractivity contribution in [3.63, 3.8) is 0 Å². The second kappa shape index (κ2) is 8.72. The van der Waals surface area contributed by atoms with Crippen LogP contribution in [-0.2, 0) is 19.1 Å². The van der Waals surface area contributed by atoms with Gasteiger partial charge in [-0.05, 0) is 32.8 Å². The lowest BCUT2D eigenvalue weighted by Crippen LogP contribution is -2.28. The van der Waals surface area contributed by atoms with Crippen molar-refractivity contribution < 1.29 is 19.1 Å². The van der Waals surface area contributed by atoms with Crippen molar-refractivity contribution in [2.75, 3.05) is 26.3 Å². The van der Waals surface area contributed by atoms with E-state index < -0.39 is 11.9 Å². The predicted octanol–water partition coefficient (Wildman–Crippen LogP) is 0.829. The van der Waals surface area contributed by atoms with Gasteiger partial charge in [0.25, 0.3) is 0 Å². The lowest BCUT2D eigenvalue weighted by Gasteiger charge is -2.20. The number of nitrogens with zero attached hydrogens (tertiary/aromatic N) is 2. The Morgan fingerprint density at radius 2 is 1.73 bits per heavy atom. The predicted molar refractivity (Wildman–Crippen MR) is 79.0 cm³/mol. The molecule has 0 aromatic carbocycles. The van der Waals surface area contributed by atoms with E-state index in [0.29, 0.717) is 0 Å². The molecule has 0 aliphatic carbocycles. The van der Waals surface area contributed by atoms with Crippen LogP contribution in [0.25, 0.3) is 0 Å². The first kappa shape index (κ1) is 17.6. The minimum Gasteiger partial charge on any atom is -0.462 e. The third-order valence-electron chi connectivity index (χ3n) is 3.12. The molecule has 1 fully saturated rings. The highest BCUT2D eigenvalue weighted by Crippen LogP contribution is 2.17. The molecule has 2 N–H and O–H groups in total. The molecule has 22 heavy (non-hydrogen) atoms. The number of ether oxygens (including phenoxy) is 2. The van der Waals surface area contributed by atoms with Crippen LogP contribution in [0.5, 0.6) is 0 Å². The Kier molecular flexibility index (Phi) is 6.96. The number of carbonyl (C=O) groups excluding carboxylic acids is 2. The third kappa shape index (κ3) is 4.52. The third-order valence-corrected chi connectivity index (χ3v) is 3.12. The average Bonchev–Trinajstić information content (AvgIpc) is 3.02. The number of nitriles is 1. The molecule has 0 saturated carbocycles. The van der Waals surface area contributed by atoms with E-state index in [1.165, 1.54) is 0 Å². The van der Waals surface area contributed by atoms with Crippen LogP contribution in [0.4, 0.5) is 0 Å². The quantitative estimate of drug-likeness (QED) is 0.335. The summed E-state index contributed by atoms with van der Waals surface area (Å²) in [6, 6.07) is 1.73. The molecule has 0 atom stereocenters. The molecular formula is C15H21N3O4. The van der Waals surface area contributed by atoms with Gasteiger partial charge in [-0.3, -0.25) is 0 Å². The molecule has 7 nitrogen and oxygen atoms in total. The van der Waals surface area contributed by atoms with E-state index in [9.17, 15) is 9.59 Å². The summed E-state index contributed by atoms with van der Waals surface area (Å²) in [4.78, 5) is 25.6. The number of esters is 2. The number of carbonyl (C=O) groups is 2. The Labute approximate surface area is 130 Å². The maximum absolute atomic E-state index is 12.1. The molecule has 0 aromatic heterocycles. The Hall–Kier alpha value is -2.49. The number of nitrogens with two attached hydrogens (primary N) is 1. The summed E-state index contributed by atoms with van der Waals surface area (Å²) in [5.74, 6) is -1.24. The molecule has 1 aliphatic heterocycles. The highest BCUT2D eigenvalue weighted by molar-refractivity contribution is 5.99. The van der Waals surface area contributed by atoms with Crippen LogP contribution in [0.3, 0.4) is 0 Å². The van der Waals surface area contributed by atoms with Gasteiger partial charge in [0.05, 0.1) is 13.2 Å².